The maximum Gasteiger partial charge on any atom is 0.0920 e. The minimum Gasteiger partial charge on any atom is -0.306 e. The van der Waals surface area contributed by atoms with Gasteiger partial charge in [-0.15, -0.1) is 0 Å². The first-order valence-electron chi connectivity index (χ1n) is 3.53. The summed E-state index contributed by atoms with van der Waals surface area (Å²) in [5.41, 5.74) is 0. The zero-order valence-electron chi connectivity index (χ0n) is 6.25. The fourth-order valence-corrected chi connectivity index (χ4v) is 1.89. The van der Waals surface area contributed by atoms with E-state index >= 15 is 0 Å². The Hall–Kier alpha value is 0.0700. The van der Waals surface area contributed by atoms with Crippen LogP contribution < -0.4 is 5.14 Å². The monoisotopic (exact) mass is 162 g/mol. The standard InChI is InChI=1S/C6H14N2OS/c1-8-4-2-6(3-5-8)10(7)9/h6H,2-5,7H2,1H3/t10-/m1/s1. The molecule has 1 atom stereocenters. The highest BCUT2D eigenvalue weighted by Crippen LogP contribution is 2.11. The van der Waals surface area contributed by atoms with Gasteiger partial charge < -0.3 is 4.90 Å². The fraction of sp³-hybridized carbons (Fsp3) is 1.00. The van der Waals surface area contributed by atoms with Crippen molar-refractivity contribution < 1.29 is 4.21 Å². The van der Waals surface area contributed by atoms with Gasteiger partial charge in [0.05, 0.1) is 16.2 Å². The predicted molar refractivity (Wildman–Crippen MR) is 42.8 cm³/mol. The predicted octanol–water partition coefficient (Wildman–Crippen LogP) is -0.297. The highest BCUT2D eigenvalue weighted by atomic mass is 32.2. The molecule has 0 bridgehead atoms. The van der Waals surface area contributed by atoms with E-state index in [1.807, 2.05) is 0 Å². The maximum absolute atomic E-state index is 10.8. The molecule has 0 saturated carbocycles. The highest BCUT2D eigenvalue weighted by molar-refractivity contribution is 7.83. The molecule has 1 saturated heterocycles. The summed E-state index contributed by atoms with van der Waals surface area (Å²) < 4.78 is 10.8. The summed E-state index contributed by atoms with van der Waals surface area (Å²) in [6, 6.07) is 0. The molecule has 0 aromatic heterocycles. The molecular weight excluding hydrogens is 148 g/mol. The van der Waals surface area contributed by atoms with E-state index in [2.05, 4.69) is 11.9 Å². The molecular formula is C6H14N2OS. The smallest absolute Gasteiger partial charge is 0.0920 e. The first-order valence-corrected chi connectivity index (χ1v) is 4.81. The second-order valence-corrected chi connectivity index (χ2v) is 4.15. The van der Waals surface area contributed by atoms with E-state index in [1.165, 1.54) is 0 Å². The molecule has 1 heterocycles. The maximum atomic E-state index is 10.8. The lowest BCUT2D eigenvalue weighted by Gasteiger charge is -2.26. The number of nitrogens with two attached hydrogens (primary N) is 1. The van der Waals surface area contributed by atoms with Crippen molar-refractivity contribution in [1.82, 2.24) is 4.90 Å². The summed E-state index contributed by atoms with van der Waals surface area (Å²) in [5.74, 6) is 0. The van der Waals surface area contributed by atoms with Gasteiger partial charge in [-0.25, -0.2) is 4.21 Å². The number of rotatable bonds is 1. The first-order chi connectivity index (χ1) is 4.70. The minimum atomic E-state index is -1.09. The van der Waals surface area contributed by atoms with E-state index in [1.54, 1.807) is 0 Å². The van der Waals surface area contributed by atoms with E-state index in [-0.39, 0.29) is 5.25 Å². The van der Waals surface area contributed by atoms with Gasteiger partial charge in [0.1, 0.15) is 0 Å². The van der Waals surface area contributed by atoms with Crippen LogP contribution in [0.5, 0.6) is 0 Å². The van der Waals surface area contributed by atoms with Gasteiger partial charge >= 0.3 is 0 Å². The molecule has 1 aliphatic rings. The van der Waals surface area contributed by atoms with Crippen LogP contribution in [0.4, 0.5) is 0 Å². The van der Waals surface area contributed by atoms with Crippen molar-refractivity contribution in [3.63, 3.8) is 0 Å². The molecule has 2 N–H and O–H groups in total. The van der Waals surface area contributed by atoms with E-state index < -0.39 is 11.0 Å². The number of nitrogens with zero attached hydrogens (tertiary/aromatic N) is 1. The summed E-state index contributed by atoms with van der Waals surface area (Å²) in [7, 11) is 0.985. The Balaban J connectivity index is 2.33. The first kappa shape index (κ1) is 8.17. The van der Waals surface area contributed by atoms with Crippen molar-refractivity contribution in [2.75, 3.05) is 20.1 Å². The van der Waals surface area contributed by atoms with Crippen LogP contribution in [0.25, 0.3) is 0 Å². The second kappa shape index (κ2) is 3.46. The van der Waals surface area contributed by atoms with Crippen LogP contribution in [-0.2, 0) is 11.0 Å². The largest absolute Gasteiger partial charge is 0.306 e. The van der Waals surface area contributed by atoms with Gasteiger partial charge in [0.15, 0.2) is 0 Å². The Bertz CT molecular complexity index is 132. The number of hydrogen-bond acceptors (Lipinski definition) is 2. The van der Waals surface area contributed by atoms with Crippen LogP contribution in [0.15, 0.2) is 0 Å². The van der Waals surface area contributed by atoms with E-state index in [4.69, 9.17) is 5.14 Å². The molecule has 1 fully saturated rings. The van der Waals surface area contributed by atoms with Crippen LogP contribution in [-0.4, -0.2) is 34.5 Å². The van der Waals surface area contributed by atoms with Crippen molar-refractivity contribution in [2.45, 2.75) is 18.1 Å². The molecule has 10 heavy (non-hydrogen) atoms. The van der Waals surface area contributed by atoms with Crippen molar-refractivity contribution in [1.29, 1.82) is 0 Å². The van der Waals surface area contributed by atoms with Gasteiger partial charge in [-0.3, -0.25) is 5.14 Å². The van der Waals surface area contributed by atoms with Gasteiger partial charge in [-0.05, 0) is 33.0 Å². The van der Waals surface area contributed by atoms with Gasteiger partial charge in [0, 0.05) is 0 Å². The molecule has 60 valence electrons. The Morgan fingerprint density at radius 1 is 1.50 bits per heavy atom. The van der Waals surface area contributed by atoms with Gasteiger partial charge in [-0.2, -0.15) is 0 Å². The van der Waals surface area contributed by atoms with E-state index in [0.29, 0.717) is 0 Å². The fourth-order valence-electron chi connectivity index (χ4n) is 1.22. The summed E-state index contributed by atoms with van der Waals surface area (Å²) in [4.78, 5) is 2.24. The minimum absolute atomic E-state index is 0.246. The molecule has 0 aromatic rings. The SMILES string of the molecule is CN1CCC([S@](N)=O)CC1. The van der Waals surface area contributed by atoms with Crippen LogP contribution in [0.2, 0.25) is 0 Å². The lowest BCUT2D eigenvalue weighted by molar-refractivity contribution is 0.280. The Morgan fingerprint density at radius 2 is 2.00 bits per heavy atom. The zero-order valence-corrected chi connectivity index (χ0v) is 7.06. The molecule has 0 aromatic carbocycles. The van der Waals surface area contributed by atoms with Gasteiger partial charge in [-0.1, -0.05) is 0 Å². The molecule has 0 aliphatic carbocycles. The third kappa shape index (κ3) is 2.04. The molecule has 0 radical (unpaired) electrons. The zero-order chi connectivity index (χ0) is 7.56. The van der Waals surface area contributed by atoms with Crippen LogP contribution in [0, 0.1) is 0 Å². The van der Waals surface area contributed by atoms with Crippen LogP contribution in [0.3, 0.4) is 0 Å². The molecule has 0 unspecified atom stereocenters. The van der Waals surface area contributed by atoms with Crippen molar-refractivity contribution >= 4 is 11.0 Å². The van der Waals surface area contributed by atoms with Gasteiger partial charge in [0.2, 0.25) is 0 Å². The van der Waals surface area contributed by atoms with Crippen LogP contribution in [0.1, 0.15) is 12.8 Å². The summed E-state index contributed by atoms with van der Waals surface area (Å²) in [5, 5.41) is 5.51. The van der Waals surface area contributed by atoms with Crippen molar-refractivity contribution in [3.05, 3.63) is 0 Å². The third-order valence-electron chi connectivity index (χ3n) is 1.99. The lowest BCUT2D eigenvalue weighted by Crippen LogP contribution is -2.36. The number of piperidine rings is 1. The summed E-state index contributed by atoms with van der Waals surface area (Å²) >= 11 is 0. The second-order valence-electron chi connectivity index (χ2n) is 2.83. The lowest BCUT2D eigenvalue weighted by atomic mass is 10.1. The number of likely N-dealkylation sites (tertiary alicyclic amines) is 1. The summed E-state index contributed by atoms with van der Waals surface area (Å²) in [6.45, 7) is 2.07. The number of hydrogen-bond donors (Lipinski definition) is 1. The average molecular weight is 162 g/mol. The molecule has 3 nitrogen and oxygen atoms in total. The average Bonchev–Trinajstić information content (AvgIpc) is 1.88. The quantitative estimate of drug-likeness (QED) is 0.575. The third-order valence-corrected chi connectivity index (χ3v) is 3.12. The van der Waals surface area contributed by atoms with E-state index in [9.17, 15) is 4.21 Å². The molecule has 0 amide bonds. The molecule has 1 rings (SSSR count). The molecule has 4 heteroatoms. The normalized spacial score (nSPS) is 26.6. The summed E-state index contributed by atoms with van der Waals surface area (Å²) in [6.07, 6.45) is 1.97. The molecule has 0 spiro atoms. The Labute approximate surface area is 64.2 Å². The molecule has 1 aliphatic heterocycles. The van der Waals surface area contributed by atoms with Crippen molar-refractivity contribution in [2.24, 2.45) is 5.14 Å². The van der Waals surface area contributed by atoms with Crippen LogP contribution >= 0.6 is 0 Å². The Morgan fingerprint density at radius 3 is 2.40 bits per heavy atom. The van der Waals surface area contributed by atoms with Gasteiger partial charge in [0.25, 0.3) is 0 Å². The van der Waals surface area contributed by atoms with E-state index in [0.717, 1.165) is 25.9 Å². The highest BCUT2D eigenvalue weighted by Gasteiger charge is 2.19. The van der Waals surface area contributed by atoms with Crippen molar-refractivity contribution in [3.8, 4) is 0 Å². The topological polar surface area (TPSA) is 46.3 Å². The Kier molecular flexibility index (Phi) is 2.82.